The molecule has 2 rings (SSSR count). The number of nitrogens with zero attached hydrogens (tertiary/aromatic N) is 1. The molecule has 5 nitrogen and oxygen atoms in total. The van der Waals surface area contributed by atoms with Crippen LogP contribution in [0.25, 0.3) is 0 Å². The van der Waals surface area contributed by atoms with Gasteiger partial charge in [-0.25, -0.2) is 8.42 Å². The van der Waals surface area contributed by atoms with Gasteiger partial charge >= 0.3 is 5.97 Å². The molecule has 0 saturated carbocycles. The van der Waals surface area contributed by atoms with Crippen LogP contribution >= 0.6 is 11.6 Å². The van der Waals surface area contributed by atoms with Gasteiger partial charge in [-0.15, -0.1) is 0 Å². The molecule has 1 saturated heterocycles. The number of hydrogen-bond donors (Lipinski definition) is 1. The SMILES string of the molecule is O=C(O)C1CCCCCN1S(=O)(=O)c1cccc(Cl)c1. The Balaban J connectivity index is 2.42. The summed E-state index contributed by atoms with van der Waals surface area (Å²) in [7, 11) is -3.83. The largest absolute Gasteiger partial charge is 0.480 e. The molecule has 1 N–H and O–H groups in total. The lowest BCUT2D eigenvalue weighted by atomic mass is 10.1. The highest BCUT2D eigenvalue weighted by Gasteiger charge is 2.36. The van der Waals surface area contributed by atoms with Crippen molar-refractivity contribution in [1.82, 2.24) is 4.31 Å². The molecule has 0 radical (unpaired) electrons. The molecular formula is C13H16ClNO4S. The van der Waals surface area contributed by atoms with Crippen molar-refractivity contribution in [2.45, 2.75) is 36.6 Å². The zero-order valence-corrected chi connectivity index (χ0v) is 12.4. The Bertz CT molecular complexity index is 602. The smallest absolute Gasteiger partial charge is 0.322 e. The van der Waals surface area contributed by atoms with Crippen LogP contribution in [0.3, 0.4) is 0 Å². The van der Waals surface area contributed by atoms with E-state index in [-0.39, 0.29) is 11.4 Å². The van der Waals surface area contributed by atoms with Gasteiger partial charge in [0.25, 0.3) is 0 Å². The number of sulfonamides is 1. The third kappa shape index (κ3) is 3.13. The van der Waals surface area contributed by atoms with E-state index in [1.54, 1.807) is 12.1 Å². The monoisotopic (exact) mass is 317 g/mol. The highest BCUT2D eigenvalue weighted by Crippen LogP contribution is 2.26. The summed E-state index contributed by atoms with van der Waals surface area (Å²) in [6.07, 6.45) is 2.57. The molecule has 1 heterocycles. The minimum absolute atomic E-state index is 0.0400. The Kier molecular flexibility index (Phi) is 4.67. The van der Waals surface area contributed by atoms with Crippen molar-refractivity contribution < 1.29 is 18.3 Å². The van der Waals surface area contributed by atoms with E-state index in [9.17, 15) is 18.3 Å². The maximum absolute atomic E-state index is 12.6. The first kappa shape index (κ1) is 15.3. The molecule has 0 aliphatic carbocycles. The lowest BCUT2D eigenvalue weighted by Crippen LogP contribution is -2.44. The molecule has 1 aliphatic heterocycles. The molecule has 20 heavy (non-hydrogen) atoms. The topological polar surface area (TPSA) is 74.7 Å². The Morgan fingerprint density at radius 1 is 1.30 bits per heavy atom. The number of benzene rings is 1. The fourth-order valence-electron chi connectivity index (χ4n) is 2.38. The molecule has 110 valence electrons. The fraction of sp³-hybridized carbons (Fsp3) is 0.462. The van der Waals surface area contributed by atoms with Crippen LogP contribution in [0.15, 0.2) is 29.2 Å². The minimum atomic E-state index is -3.83. The van der Waals surface area contributed by atoms with Gasteiger partial charge in [0, 0.05) is 11.6 Å². The summed E-state index contributed by atoms with van der Waals surface area (Å²) in [5.74, 6) is -1.10. The maximum atomic E-state index is 12.6. The van der Waals surface area contributed by atoms with Gasteiger partial charge < -0.3 is 5.11 Å². The highest BCUT2D eigenvalue weighted by atomic mass is 35.5. The summed E-state index contributed by atoms with van der Waals surface area (Å²) in [6, 6.07) is 4.91. The van der Waals surface area contributed by atoms with E-state index in [0.29, 0.717) is 17.9 Å². The zero-order chi connectivity index (χ0) is 14.8. The second-order valence-electron chi connectivity index (χ2n) is 4.78. The molecule has 1 aromatic carbocycles. The number of hydrogen-bond acceptors (Lipinski definition) is 3. The molecule has 1 aliphatic rings. The van der Waals surface area contributed by atoms with Crippen LogP contribution in [-0.2, 0) is 14.8 Å². The van der Waals surface area contributed by atoms with Crippen LogP contribution in [0.1, 0.15) is 25.7 Å². The number of carboxylic acids is 1. The maximum Gasteiger partial charge on any atom is 0.322 e. The van der Waals surface area contributed by atoms with Gasteiger partial charge in [0.2, 0.25) is 10.0 Å². The molecule has 0 amide bonds. The van der Waals surface area contributed by atoms with E-state index >= 15 is 0 Å². The van der Waals surface area contributed by atoms with Gasteiger partial charge in [-0.2, -0.15) is 4.31 Å². The molecule has 0 spiro atoms. The van der Waals surface area contributed by atoms with E-state index in [4.69, 9.17) is 11.6 Å². The number of carbonyl (C=O) groups is 1. The molecule has 7 heteroatoms. The molecule has 1 atom stereocenters. The summed E-state index contributed by atoms with van der Waals surface area (Å²) in [6.45, 7) is 0.228. The van der Waals surface area contributed by atoms with Crippen LogP contribution in [0.5, 0.6) is 0 Å². The predicted octanol–water partition coefficient (Wildman–Crippen LogP) is 2.36. The van der Waals surface area contributed by atoms with Crippen LogP contribution in [0, 0.1) is 0 Å². The average Bonchev–Trinajstić information content (AvgIpc) is 2.64. The lowest BCUT2D eigenvalue weighted by Gasteiger charge is -2.26. The second kappa shape index (κ2) is 6.11. The Morgan fingerprint density at radius 2 is 2.05 bits per heavy atom. The molecular weight excluding hydrogens is 302 g/mol. The number of halogens is 1. The first-order chi connectivity index (χ1) is 9.43. The van der Waals surface area contributed by atoms with Crippen LogP contribution < -0.4 is 0 Å². The quantitative estimate of drug-likeness (QED) is 0.928. The summed E-state index contributed by atoms with van der Waals surface area (Å²) < 4.78 is 26.3. The lowest BCUT2D eigenvalue weighted by molar-refractivity contribution is -0.141. The van der Waals surface area contributed by atoms with Crippen molar-refractivity contribution >= 4 is 27.6 Å². The van der Waals surface area contributed by atoms with Gasteiger partial charge in [-0.3, -0.25) is 4.79 Å². The van der Waals surface area contributed by atoms with Crippen molar-refractivity contribution in [1.29, 1.82) is 0 Å². The number of rotatable bonds is 3. The third-order valence-corrected chi connectivity index (χ3v) is 5.53. The molecule has 0 bridgehead atoms. The second-order valence-corrected chi connectivity index (χ2v) is 7.10. The first-order valence-corrected chi connectivity index (χ1v) is 8.25. The van der Waals surface area contributed by atoms with E-state index in [2.05, 4.69) is 0 Å². The summed E-state index contributed by atoms with van der Waals surface area (Å²) >= 11 is 5.82. The van der Waals surface area contributed by atoms with E-state index in [1.807, 2.05) is 0 Å². The van der Waals surface area contributed by atoms with Gasteiger partial charge in [0.1, 0.15) is 6.04 Å². The summed E-state index contributed by atoms with van der Waals surface area (Å²) in [4.78, 5) is 11.4. The van der Waals surface area contributed by atoms with Crippen LogP contribution in [0.2, 0.25) is 5.02 Å². The van der Waals surface area contributed by atoms with Crippen molar-refractivity contribution in [2.24, 2.45) is 0 Å². The van der Waals surface area contributed by atoms with Crippen LogP contribution in [0.4, 0.5) is 0 Å². The van der Waals surface area contributed by atoms with Crippen molar-refractivity contribution in [3.63, 3.8) is 0 Å². The Morgan fingerprint density at radius 3 is 2.70 bits per heavy atom. The van der Waals surface area contributed by atoms with Gasteiger partial charge in [0.15, 0.2) is 0 Å². The van der Waals surface area contributed by atoms with E-state index < -0.39 is 22.0 Å². The van der Waals surface area contributed by atoms with Crippen molar-refractivity contribution in [3.8, 4) is 0 Å². The van der Waals surface area contributed by atoms with Gasteiger partial charge in [-0.05, 0) is 31.0 Å². The first-order valence-electron chi connectivity index (χ1n) is 6.43. The number of carboxylic acid groups (broad SMARTS) is 1. The molecule has 1 fully saturated rings. The predicted molar refractivity (Wildman–Crippen MR) is 75.2 cm³/mol. The van der Waals surface area contributed by atoms with Gasteiger partial charge in [0.05, 0.1) is 4.90 Å². The third-order valence-electron chi connectivity index (χ3n) is 3.39. The summed E-state index contributed by atoms with van der Waals surface area (Å²) in [5.41, 5.74) is 0. The Hall–Kier alpha value is -1.11. The van der Waals surface area contributed by atoms with Gasteiger partial charge in [-0.1, -0.05) is 30.5 Å². The van der Waals surface area contributed by atoms with E-state index in [1.165, 1.54) is 12.1 Å². The normalized spacial score (nSPS) is 21.4. The average molecular weight is 318 g/mol. The number of aliphatic carboxylic acids is 1. The van der Waals surface area contributed by atoms with Crippen molar-refractivity contribution in [2.75, 3.05) is 6.54 Å². The van der Waals surface area contributed by atoms with E-state index in [0.717, 1.165) is 17.1 Å². The summed E-state index contributed by atoms with van der Waals surface area (Å²) in [5, 5.41) is 9.58. The molecule has 0 aromatic heterocycles. The van der Waals surface area contributed by atoms with Crippen molar-refractivity contribution in [3.05, 3.63) is 29.3 Å². The standard InChI is InChI=1S/C13H16ClNO4S/c14-10-5-4-6-11(9-10)20(18,19)15-8-3-1-2-7-12(15)13(16)17/h4-6,9,12H,1-3,7-8H2,(H,16,17). The minimum Gasteiger partial charge on any atom is -0.480 e. The highest BCUT2D eigenvalue weighted by molar-refractivity contribution is 7.89. The zero-order valence-electron chi connectivity index (χ0n) is 10.8. The molecule has 1 aromatic rings. The Labute approximate surface area is 123 Å². The molecule has 1 unspecified atom stereocenters. The fourth-order valence-corrected chi connectivity index (χ4v) is 4.33. The van der Waals surface area contributed by atoms with Crippen LogP contribution in [-0.4, -0.2) is 36.4 Å².